The number of aliphatic carboxylic acids is 1. The minimum absolute atomic E-state index is 0.0236. The SMILES string of the molecule is CC(=O)O.N[C@@H]1C[C@H](C(=O)NCc2cccc3[nH]ccc23)C[C@H]1O. The van der Waals surface area contributed by atoms with E-state index in [1.807, 2.05) is 30.5 Å². The predicted molar refractivity (Wildman–Crippen MR) is 90.2 cm³/mol. The summed E-state index contributed by atoms with van der Waals surface area (Å²) in [5, 5.41) is 21.1. The second-order valence-corrected chi connectivity index (χ2v) is 5.99. The molecule has 1 heterocycles. The number of benzene rings is 1. The van der Waals surface area contributed by atoms with Crippen LogP contribution in [-0.2, 0) is 16.1 Å². The fourth-order valence-electron chi connectivity index (χ4n) is 2.89. The third-order valence-electron chi connectivity index (χ3n) is 4.09. The summed E-state index contributed by atoms with van der Waals surface area (Å²) < 4.78 is 0. The molecule has 0 radical (unpaired) electrons. The molecule has 1 saturated carbocycles. The number of hydrogen-bond donors (Lipinski definition) is 5. The van der Waals surface area contributed by atoms with E-state index in [9.17, 15) is 9.90 Å². The Morgan fingerprint density at radius 1 is 1.33 bits per heavy atom. The molecule has 3 atom stereocenters. The average Bonchev–Trinajstić information content (AvgIpc) is 3.11. The zero-order chi connectivity index (χ0) is 17.7. The molecule has 0 bridgehead atoms. The first-order chi connectivity index (χ1) is 11.4. The smallest absolute Gasteiger partial charge is 0.300 e. The van der Waals surface area contributed by atoms with Gasteiger partial charge < -0.3 is 26.2 Å². The van der Waals surface area contributed by atoms with Crippen LogP contribution >= 0.6 is 0 Å². The van der Waals surface area contributed by atoms with Crippen LogP contribution in [-0.4, -0.2) is 39.2 Å². The largest absolute Gasteiger partial charge is 0.481 e. The first kappa shape index (κ1) is 18.0. The number of fused-ring (bicyclic) bond motifs is 1. The van der Waals surface area contributed by atoms with Gasteiger partial charge in [-0.3, -0.25) is 9.59 Å². The van der Waals surface area contributed by atoms with E-state index >= 15 is 0 Å². The Kier molecular flexibility index (Phi) is 5.94. The summed E-state index contributed by atoms with van der Waals surface area (Å²) in [6.07, 6.45) is 2.35. The molecule has 1 aliphatic rings. The van der Waals surface area contributed by atoms with Gasteiger partial charge in [0.1, 0.15) is 0 Å². The summed E-state index contributed by atoms with van der Waals surface area (Å²) in [6, 6.07) is 7.71. The molecular weight excluding hydrogens is 310 g/mol. The van der Waals surface area contributed by atoms with Crippen LogP contribution in [0.1, 0.15) is 25.3 Å². The number of aromatic nitrogens is 1. The fraction of sp³-hybridized carbons (Fsp3) is 0.412. The van der Waals surface area contributed by atoms with Gasteiger partial charge in [0.15, 0.2) is 0 Å². The quantitative estimate of drug-likeness (QED) is 0.572. The molecule has 1 aromatic carbocycles. The lowest BCUT2D eigenvalue weighted by molar-refractivity contribution is -0.134. The Bertz CT molecular complexity index is 699. The number of aromatic amines is 1. The van der Waals surface area contributed by atoms with E-state index in [0.29, 0.717) is 19.4 Å². The van der Waals surface area contributed by atoms with Gasteiger partial charge in [0.2, 0.25) is 5.91 Å². The maximum absolute atomic E-state index is 12.1. The number of carboxylic acids is 1. The van der Waals surface area contributed by atoms with Crippen LogP contribution in [0, 0.1) is 5.92 Å². The normalized spacial score (nSPS) is 22.7. The van der Waals surface area contributed by atoms with Gasteiger partial charge in [0, 0.05) is 42.5 Å². The molecule has 1 fully saturated rings. The monoisotopic (exact) mass is 333 g/mol. The summed E-state index contributed by atoms with van der Waals surface area (Å²) in [5.41, 5.74) is 7.89. The molecular formula is C17H23N3O4. The molecule has 7 heteroatoms. The van der Waals surface area contributed by atoms with Crippen molar-refractivity contribution in [1.82, 2.24) is 10.3 Å². The summed E-state index contributed by atoms with van der Waals surface area (Å²) in [5.74, 6) is -1.03. The van der Waals surface area contributed by atoms with E-state index in [2.05, 4.69) is 10.3 Å². The number of rotatable bonds is 3. The minimum atomic E-state index is -0.833. The summed E-state index contributed by atoms with van der Waals surface area (Å²) in [7, 11) is 0. The van der Waals surface area contributed by atoms with Gasteiger partial charge in [-0.15, -0.1) is 0 Å². The summed E-state index contributed by atoms with van der Waals surface area (Å²) in [6.45, 7) is 1.58. The van der Waals surface area contributed by atoms with Gasteiger partial charge in [-0.1, -0.05) is 12.1 Å². The van der Waals surface area contributed by atoms with Gasteiger partial charge in [-0.25, -0.2) is 0 Å². The van der Waals surface area contributed by atoms with Crippen molar-refractivity contribution in [3.63, 3.8) is 0 Å². The van der Waals surface area contributed by atoms with E-state index < -0.39 is 12.1 Å². The standard InChI is InChI=1S/C15H19N3O2.C2H4O2/c16-12-6-10(7-14(12)19)15(20)18-8-9-2-1-3-13-11(9)4-5-17-13;1-2(3)4/h1-5,10,12,14,17,19H,6-8,16H2,(H,18,20);1H3,(H,3,4)/t10-,12+,14+;/m0./s1. The van der Waals surface area contributed by atoms with Gasteiger partial charge >= 0.3 is 0 Å². The first-order valence-corrected chi connectivity index (χ1v) is 7.84. The van der Waals surface area contributed by atoms with Gasteiger partial charge in [-0.05, 0) is 30.5 Å². The lowest BCUT2D eigenvalue weighted by Crippen LogP contribution is -2.30. The zero-order valence-corrected chi connectivity index (χ0v) is 13.5. The highest BCUT2D eigenvalue weighted by Crippen LogP contribution is 2.25. The summed E-state index contributed by atoms with van der Waals surface area (Å²) in [4.78, 5) is 24.3. The molecule has 1 aromatic heterocycles. The van der Waals surface area contributed by atoms with Crippen molar-refractivity contribution in [2.24, 2.45) is 11.7 Å². The number of carboxylic acid groups (broad SMARTS) is 1. The molecule has 6 N–H and O–H groups in total. The van der Waals surface area contributed by atoms with Crippen LogP contribution in [0.25, 0.3) is 10.9 Å². The van der Waals surface area contributed by atoms with Crippen molar-refractivity contribution in [1.29, 1.82) is 0 Å². The highest BCUT2D eigenvalue weighted by Gasteiger charge is 2.34. The number of carbonyl (C=O) groups excluding carboxylic acids is 1. The van der Waals surface area contributed by atoms with Crippen molar-refractivity contribution >= 4 is 22.8 Å². The Hall–Kier alpha value is -2.38. The second kappa shape index (κ2) is 7.94. The van der Waals surface area contributed by atoms with Gasteiger partial charge in [-0.2, -0.15) is 0 Å². The maximum Gasteiger partial charge on any atom is 0.300 e. The van der Waals surface area contributed by atoms with E-state index in [0.717, 1.165) is 23.4 Å². The molecule has 7 nitrogen and oxygen atoms in total. The second-order valence-electron chi connectivity index (χ2n) is 5.99. The van der Waals surface area contributed by atoms with Crippen molar-refractivity contribution in [2.75, 3.05) is 0 Å². The number of carbonyl (C=O) groups is 2. The van der Waals surface area contributed by atoms with Crippen molar-refractivity contribution in [3.8, 4) is 0 Å². The van der Waals surface area contributed by atoms with Gasteiger partial charge in [0.25, 0.3) is 5.97 Å². The van der Waals surface area contributed by atoms with Crippen LogP contribution in [0.5, 0.6) is 0 Å². The fourth-order valence-corrected chi connectivity index (χ4v) is 2.89. The molecule has 2 aromatic rings. The van der Waals surface area contributed by atoms with Crippen molar-refractivity contribution in [2.45, 2.75) is 38.5 Å². The van der Waals surface area contributed by atoms with Crippen molar-refractivity contribution < 1.29 is 19.8 Å². The van der Waals surface area contributed by atoms with Crippen molar-refractivity contribution in [3.05, 3.63) is 36.0 Å². The number of aliphatic hydroxyl groups excluding tert-OH is 1. The number of hydrogen-bond acceptors (Lipinski definition) is 4. The third kappa shape index (κ3) is 4.56. The number of H-pyrrole nitrogens is 1. The number of nitrogens with two attached hydrogens (primary N) is 1. The average molecular weight is 333 g/mol. The van der Waals surface area contributed by atoms with Crippen LogP contribution in [0.15, 0.2) is 30.5 Å². The number of aliphatic hydroxyl groups is 1. The highest BCUT2D eigenvalue weighted by molar-refractivity contribution is 5.84. The molecule has 3 rings (SSSR count). The maximum atomic E-state index is 12.1. The lowest BCUT2D eigenvalue weighted by Gasteiger charge is -2.11. The number of amides is 1. The molecule has 0 spiro atoms. The Morgan fingerprint density at radius 2 is 2.04 bits per heavy atom. The van der Waals surface area contributed by atoms with E-state index in [4.69, 9.17) is 15.6 Å². The Balaban J connectivity index is 0.000000471. The predicted octanol–water partition coefficient (Wildman–Crippen LogP) is 0.973. The highest BCUT2D eigenvalue weighted by atomic mass is 16.4. The molecule has 0 aliphatic heterocycles. The third-order valence-corrected chi connectivity index (χ3v) is 4.09. The molecule has 1 aliphatic carbocycles. The minimum Gasteiger partial charge on any atom is -0.481 e. The molecule has 24 heavy (non-hydrogen) atoms. The van der Waals surface area contributed by atoms with Crippen LogP contribution in [0.4, 0.5) is 0 Å². The zero-order valence-electron chi connectivity index (χ0n) is 13.5. The molecule has 130 valence electrons. The van der Waals surface area contributed by atoms with E-state index in [-0.39, 0.29) is 17.9 Å². The Labute approximate surface area is 139 Å². The topological polar surface area (TPSA) is 128 Å². The summed E-state index contributed by atoms with van der Waals surface area (Å²) >= 11 is 0. The van der Waals surface area contributed by atoms with E-state index in [1.54, 1.807) is 0 Å². The first-order valence-electron chi connectivity index (χ1n) is 7.84. The van der Waals surface area contributed by atoms with E-state index in [1.165, 1.54) is 0 Å². The Morgan fingerprint density at radius 3 is 2.67 bits per heavy atom. The molecule has 0 unspecified atom stereocenters. The molecule has 0 saturated heterocycles. The lowest BCUT2D eigenvalue weighted by atomic mass is 10.1. The number of nitrogens with one attached hydrogen (secondary N) is 2. The van der Waals surface area contributed by atoms with Crippen LogP contribution < -0.4 is 11.1 Å². The van der Waals surface area contributed by atoms with Crippen LogP contribution in [0.2, 0.25) is 0 Å². The molecule has 1 amide bonds. The van der Waals surface area contributed by atoms with Gasteiger partial charge in [0.05, 0.1) is 6.10 Å². The van der Waals surface area contributed by atoms with Crippen LogP contribution in [0.3, 0.4) is 0 Å².